The Bertz CT molecular complexity index is 541. The third-order valence-electron chi connectivity index (χ3n) is 2.88. The second kappa shape index (κ2) is 5.99. The van der Waals surface area contributed by atoms with Gasteiger partial charge in [-0.2, -0.15) is 13.2 Å². The van der Waals surface area contributed by atoms with Crippen molar-refractivity contribution >= 4 is 0 Å². The molecule has 0 aliphatic heterocycles. The fourth-order valence-corrected chi connectivity index (χ4v) is 1.86. The summed E-state index contributed by atoms with van der Waals surface area (Å²) >= 11 is 0. The van der Waals surface area contributed by atoms with Gasteiger partial charge in [-0.15, -0.1) is 0 Å². The molecule has 20 heavy (non-hydrogen) atoms. The summed E-state index contributed by atoms with van der Waals surface area (Å²) in [7, 11) is 0. The fourth-order valence-electron chi connectivity index (χ4n) is 1.86. The number of rotatable bonds is 4. The lowest BCUT2D eigenvalue weighted by molar-refractivity contribution is -0.137. The number of ether oxygens (including phenoxy) is 1. The Labute approximate surface area is 116 Å². The van der Waals surface area contributed by atoms with Crippen molar-refractivity contribution in [3.8, 4) is 11.5 Å². The summed E-state index contributed by atoms with van der Waals surface area (Å²) in [6.45, 7) is 2.10. The Morgan fingerprint density at radius 3 is 1.80 bits per heavy atom. The van der Waals surface area contributed by atoms with Crippen molar-refractivity contribution < 1.29 is 17.9 Å². The highest BCUT2D eigenvalue weighted by Gasteiger charge is 2.30. The van der Waals surface area contributed by atoms with Crippen molar-refractivity contribution in [1.82, 2.24) is 0 Å². The van der Waals surface area contributed by atoms with E-state index >= 15 is 0 Å². The molecule has 2 aromatic rings. The summed E-state index contributed by atoms with van der Waals surface area (Å²) in [5.74, 6) is 1.01. The Morgan fingerprint density at radius 2 is 1.35 bits per heavy atom. The summed E-state index contributed by atoms with van der Waals surface area (Å²) in [4.78, 5) is 0. The van der Waals surface area contributed by atoms with Crippen molar-refractivity contribution in [3.05, 3.63) is 59.7 Å². The van der Waals surface area contributed by atoms with Gasteiger partial charge in [-0.05, 0) is 48.4 Å². The van der Waals surface area contributed by atoms with Gasteiger partial charge in [0.15, 0.2) is 0 Å². The van der Waals surface area contributed by atoms with Crippen LogP contribution in [-0.4, -0.2) is 0 Å². The molecule has 0 saturated heterocycles. The van der Waals surface area contributed by atoms with Crippen LogP contribution < -0.4 is 4.74 Å². The Kier molecular flexibility index (Phi) is 4.32. The number of alkyl halides is 3. The van der Waals surface area contributed by atoms with E-state index in [-0.39, 0.29) is 0 Å². The van der Waals surface area contributed by atoms with E-state index in [0.717, 1.165) is 25.0 Å². The van der Waals surface area contributed by atoms with Crippen molar-refractivity contribution in [2.75, 3.05) is 0 Å². The predicted molar refractivity (Wildman–Crippen MR) is 72.0 cm³/mol. The standard InChI is InChI=1S/C16H15F3O/c1-2-3-12-4-8-14(9-5-12)20-15-10-6-13(7-11-15)16(17,18)19/h4-11H,2-3H2,1H3. The Morgan fingerprint density at radius 1 is 0.850 bits per heavy atom. The fraction of sp³-hybridized carbons (Fsp3) is 0.250. The summed E-state index contributed by atoms with van der Waals surface area (Å²) in [5.41, 5.74) is 0.537. The van der Waals surface area contributed by atoms with E-state index in [2.05, 4.69) is 6.92 Å². The van der Waals surface area contributed by atoms with Crippen molar-refractivity contribution in [3.63, 3.8) is 0 Å². The van der Waals surface area contributed by atoms with Crippen LogP contribution in [0.5, 0.6) is 11.5 Å². The zero-order valence-corrected chi connectivity index (χ0v) is 11.1. The van der Waals surface area contributed by atoms with Crippen LogP contribution in [0.3, 0.4) is 0 Å². The first-order valence-corrected chi connectivity index (χ1v) is 6.43. The molecule has 1 nitrogen and oxygen atoms in total. The smallest absolute Gasteiger partial charge is 0.416 e. The lowest BCUT2D eigenvalue weighted by Crippen LogP contribution is -2.03. The highest BCUT2D eigenvalue weighted by atomic mass is 19.4. The zero-order chi connectivity index (χ0) is 14.6. The molecule has 0 bridgehead atoms. The van der Waals surface area contributed by atoms with E-state index in [1.807, 2.05) is 24.3 Å². The van der Waals surface area contributed by atoms with Gasteiger partial charge >= 0.3 is 6.18 Å². The first kappa shape index (κ1) is 14.4. The largest absolute Gasteiger partial charge is 0.457 e. The van der Waals surface area contributed by atoms with Gasteiger partial charge in [-0.1, -0.05) is 25.5 Å². The first-order chi connectivity index (χ1) is 9.49. The third kappa shape index (κ3) is 3.76. The van der Waals surface area contributed by atoms with Crippen molar-refractivity contribution in [1.29, 1.82) is 0 Å². The Hall–Kier alpha value is -1.97. The molecule has 2 rings (SSSR count). The molecule has 0 spiro atoms. The Balaban J connectivity index is 2.06. The molecule has 0 atom stereocenters. The monoisotopic (exact) mass is 280 g/mol. The van der Waals surface area contributed by atoms with E-state index < -0.39 is 11.7 Å². The van der Waals surface area contributed by atoms with Crippen LogP contribution in [-0.2, 0) is 12.6 Å². The molecular weight excluding hydrogens is 265 g/mol. The maximum Gasteiger partial charge on any atom is 0.416 e. The topological polar surface area (TPSA) is 9.23 Å². The molecule has 0 amide bonds. The number of aryl methyl sites for hydroxylation is 1. The molecule has 0 aliphatic carbocycles. The molecular formula is C16H15F3O. The van der Waals surface area contributed by atoms with E-state index in [0.29, 0.717) is 11.5 Å². The normalized spacial score (nSPS) is 11.4. The first-order valence-electron chi connectivity index (χ1n) is 6.43. The van der Waals surface area contributed by atoms with Crippen LogP contribution in [0.25, 0.3) is 0 Å². The van der Waals surface area contributed by atoms with Gasteiger partial charge in [-0.3, -0.25) is 0 Å². The molecule has 0 fully saturated rings. The van der Waals surface area contributed by atoms with Gasteiger partial charge in [0.25, 0.3) is 0 Å². The van der Waals surface area contributed by atoms with Crippen LogP contribution in [0.15, 0.2) is 48.5 Å². The second-order valence-electron chi connectivity index (χ2n) is 4.52. The van der Waals surface area contributed by atoms with Gasteiger partial charge in [0, 0.05) is 0 Å². The average molecular weight is 280 g/mol. The maximum absolute atomic E-state index is 12.4. The minimum absolute atomic E-state index is 0.390. The lowest BCUT2D eigenvalue weighted by Gasteiger charge is -2.09. The third-order valence-corrected chi connectivity index (χ3v) is 2.88. The molecule has 106 valence electrons. The molecule has 0 saturated carbocycles. The zero-order valence-electron chi connectivity index (χ0n) is 11.1. The van der Waals surface area contributed by atoms with Crippen LogP contribution in [0.4, 0.5) is 13.2 Å². The number of benzene rings is 2. The molecule has 0 N–H and O–H groups in total. The van der Waals surface area contributed by atoms with E-state index in [1.165, 1.54) is 17.7 Å². The highest BCUT2D eigenvalue weighted by Crippen LogP contribution is 2.31. The summed E-state index contributed by atoms with van der Waals surface area (Å²) in [5, 5.41) is 0. The minimum Gasteiger partial charge on any atom is -0.457 e. The molecule has 0 aliphatic rings. The van der Waals surface area contributed by atoms with E-state index in [4.69, 9.17) is 4.74 Å². The van der Waals surface area contributed by atoms with Gasteiger partial charge in [-0.25, -0.2) is 0 Å². The van der Waals surface area contributed by atoms with Crippen LogP contribution >= 0.6 is 0 Å². The lowest BCUT2D eigenvalue weighted by atomic mass is 10.1. The molecule has 0 heterocycles. The molecule has 0 aromatic heterocycles. The quantitative estimate of drug-likeness (QED) is 0.723. The maximum atomic E-state index is 12.4. The summed E-state index contributed by atoms with van der Waals surface area (Å²) in [6.07, 6.45) is -2.25. The molecule has 0 radical (unpaired) electrons. The van der Waals surface area contributed by atoms with Crippen LogP contribution in [0.1, 0.15) is 24.5 Å². The molecule has 0 unspecified atom stereocenters. The summed E-state index contributed by atoms with van der Waals surface area (Å²) < 4.78 is 42.8. The second-order valence-corrected chi connectivity index (χ2v) is 4.52. The van der Waals surface area contributed by atoms with Crippen molar-refractivity contribution in [2.24, 2.45) is 0 Å². The number of hydrogen-bond donors (Lipinski definition) is 0. The van der Waals surface area contributed by atoms with Crippen molar-refractivity contribution in [2.45, 2.75) is 25.9 Å². The average Bonchev–Trinajstić information content (AvgIpc) is 2.41. The number of hydrogen-bond acceptors (Lipinski definition) is 1. The highest BCUT2D eigenvalue weighted by molar-refractivity contribution is 5.35. The molecule has 2 aromatic carbocycles. The van der Waals surface area contributed by atoms with Gasteiger partial charge in [0.05, 0.1) is 5.56 Å². The van der Waals surface area contributed by atoms with Crippen LogP contribution in [0, 0.1) is 0 Å². The van der Waals surface area contributed by atoms with E-state index in [9.17, 15) is 13.2 Å². The van der Waals surface area contributed by atoms with Gasteiger partial charge < -0.3 is 4.74 Å². The SMILES string of the molecule is CCCc1ccc(Oc2ccc(C(F)(F)F)cc2)cc1. The van der Waals surface area contributed by atoms with E-state index in [1.54, 1.807) is 0 Å². The minimum atomic E-state index is -4.32. The van der Waals surface area contributed by atoms with Gasteiger partial charge in [0.2, 0.25) is 0 Å². The molecule has 4 heteroatoms. The predicted octanol–water partition coefficient (Wildman–Crippen LogP) is 5.45. The van der Waals surface area contributed by atoms with Crippen LogP contribution in [0.2, 0.25) is 0 Å². The van der Waals surface area contributed by atoms with Gasteiger partial charge in [0.1, 0.15) is 11.5 Å². The number of halogens is 3. The summed E-state index contributed by atoms with van der Waals surface area (Å²) in [6, 6.07) is 12.2.